The molecule has 58 heavy (non-hydrogen) atoms. The van der Waals surface area contributed by atoms with E-state index in [0.29, 0.717) is 0 Å². The molecule has 4 heteroatoms. The zero-order valence-corrected chi connectivity index (χ0v) is 31.6. The summed E-state index contributed by atoms with van der Waals surface area (Å²) in [5, 5.41) is 15.1. The van der Waals surface area contributed by atoms with Crippen LogP contribution in [-0.4, -0.2) is 14.2 Å². The van der Waals surface area contributed by atoms with Gasteiger partial charge in [0.2, 0.25) is 0 Å². The molecule has 11 aromatic rings. The Hall–Kier alpha value is -7.82. The topological polar surface area (TPSA) is 33.3 Å². The molecule has 0 spiro atoms. The number of phenolic OH excluding ortho intramolecular Hbond substituents is 1. The molecule has 2 aromatic heterocycles. The van der Waals surface area contributed by atoms with Gasteiger partial charge >= 0.3 is 0 Å². The van der Waals surface area contributed by atoms with Crippen molar-refractivity contribution in [1.29, 1.82) is 0 Å². The van der Waals surface area contributed by atoms with Gasteiger partial charge in [-0.3, -0.25) is 0 Å². The van der Waals surface area contributed by atoms with Crippen molar-refractivity contribution in [1.82, 2.24) is 9.13 Å². The fraction of sp³-hybridized carbons (Fsp3) is 0. The molecular weight excluding hydrogens is 707 g/mol. The van der Waals surface area contributed by atoms with Gasteiger partial charge < -0.3 is 19.1 Å². The maximum atomic E-state index is 10.2. The zero-order valence-electron chi connectivity index (χ0n) is 31.6. The largest absolute Gasteiger partial charge is 0.508 e. The third kappa shape index (κ3) is 5.62. The highest BCUT2D eigenvalue weighted by Gasteiger charge is 2.17. The molecule has 11 rings (SSSR count). The van der Waals surface area contributed by atoms with Crippen LogP contribution in [0.5, 0.6) is 5.75 Å². The number of anilines is 3. The Morgan fingerprint density at radius 3 is 1.07 bits per heavy atom. The number of hydrogen-bond donors (Lipinski definition) is 1. The van der Waals surface area contributed by atoms with Crippen molar-refractivity contribution in [3.63, 3.8) is 0 Å². The lowest BCUT2D eigenvalue weighted by molar-refractivity contribution is 0.475. The van der Waals surface area contributed by atoms with E-state index in [1.54, 1.807) is 12.1 Å². The Morgan fingerprint density at radius 1 is 0.293 bits per heavy atom. The van der Waals surface area contributed by atoms with E-state index in [1.165, 1.54) is 54.7 Å². The Morgan fingerprint density at radius 2 is 0.638 bits per heavy atom. The van der Waals surface area contributed by atoms with E-state index in [4.69, 9.17) is 0 Å². The summed E-state index contributed by atoms with van der Waals surface area (Å²) in [6.45, 7) is 0. The zero-order chi connectivity index (χ0) is 38.6. The summed E-state index contributed by atoms with van der Waals surface area (Å²) < 4.78 is 4.70. The molecule has 0 saturated carbocycles. The summed E-state index contributed by atoms with van der Waals surface area (Å²) in [6, 6.07) is 77.0. The first kappa shape index (κ1) is 33.5. The average Bonchev–Trinajstić information content (AvgIpc) is 3.80. The summed E-state index contributed by atoms with van der Waals surface area (Å²) in [5.41, 5.74) is 14.7. The predicted octanol–water partition coefficient (Wildman–Crippen LogP) is 14.4. The number of phenols is 1. The summed E-state index contributed by atoms with van der Waals surface area (Å²) in [6.07, 6.45) is 0. The van der Waals surface area contributed by atoms with Crippen molar-refractivity contribution >= 4 is 60.7 Å². The molecule has 0 radical (unpaired) electrons. The first-order valence-corrected chi connectivity index (χ1v) is 19.7. The monoisotopic (exact) mass is 743 g/mol. The van der Waals surface area contributed by atoms with Crippen LogP contribution in [0, 0.1) is 0 Å². The second-order valence-corrected chi connectivity index (χ2v) is 14.8. The smallest absolute Gasteiger partial charge is 0.115 e. The Bertz CT molecular complexity index is 3050. The second-order valence-electron chi connectivity index (χ2n) is 14.8. The molecule has 0 amide bonds. The molecule has 0 aliphatic rings. The van der Waals surface area contributed by atoms with E-state index < -0.39 is 0 Å². The van der Waals surface area contributed by atoms with Crippen molar-refractivity contribution in [2.75, 3.05) is 4.90 Å². The molecule has 1 N–H and O–H groups in total. The summed E-state index contributed by atoms with van der Waals surface area (Å²) in [7, 11) is 0. The van der Waals surface area contributed by atoms with Crippen LogP contribution < -0.4 is 4.90 Å². The minimum atomic E-state index is 0.238. The third-order valence-corrected chi connectivity index (χ3v) is 11.4. The van der Waals surface area contributed by atoms with E-state index in [2.05, 4.69) is 208 Å². The number of fused-ring (bicyclic) bond motifs is 6. The molecule has 0 fully saturated rings. The fourth-order valence-corrected chi connectivity index (χ4v) is 8.67. The Balaban J connectivity index is 0.952. The maximum absolute atomic E-state index is 10.2. The number of para-hydroxylation sites is 4. The highest BCUT2D eigenvalue weighted by Crippen LogP contribution is 2.40. The molecule has 0 aliphatic heterocycles. The number of hydrogen-bond acceptors (Lipinski definition) is 2. The Labute approximate surface area is 336 Å². The highest BCUT2D eigenvalue weighted by molar-refractivity contribution is 6.11. The molecule has 274 valence electrons. The van der Waals surface area contributed by atoms with Gasteiger partial charge in [-0.2, -0.15) is 0 Å². The van der Waals surface area contributed by atoms with Crippen LogP contribution in [0.3, 0.4) is 0 Å². The third-order valence-electron chi connectivity index (χ3n) is 11.4. The SMILES string of the molecule is Oc1ccc(N(c2ccc(-c3ccc4c(c3)c3ccccc3n4-c3ccccc3)cc2)c2ccc(-c3ccc4c(c3)c3ccccc3n4-c3ccccc3)cc2)cc1. The molecule has 0 atom stereocenters. The van der Waals surface area contributed by atoms with Crippen molar-refractivity contribution in [2.24, 2.45) is 0 Å². The first-order chi connectivity index (χ1) is 28.7. The first-order valence-electron chi connectivity index (χ1n) is 19.7. The molecule has 0 unspecified atom stereocenters. The van der Waals surface area contributed by atoms with Crippen LogP contribution in [0.4, 0.5) is 17.1 Å². The van der Waals surface area contributed by atoms with E-state index in [1.807, 2.05) is 12.1 Å². The van der Waals surface area contributed by atoms with Gasteiger partial charge in [0.05, 0.1) is 22.1 Å². The lowest BCUT2D eigenvalue weighted by Gasteiger charge is -2.26. The minimum absolute atomic E-state index is 0.238. The molecular formula is C54H37N3O. The van der Waals surface area contributed by atoms with Gasteiger partial charge in [0.1, 0.15) is 5.75 Å². The molecule has 0 bridgehead atoms. The maximum Gasteiger partial charge on any atom is 0.115 e. The number of aromatic nitrogens is 2. The van der Waals surface area contributed by atoms with Crippen LogP contribution in [0.2, 0.25) is 0 Å². The molecule has 0 saturated heterocycles. The Kier molecular flexibility index (Phi) is 7.93. The lowest BCUT2D eigenvalue weighted by atomic mass is 10.0. The van der Waals surface area contributed by atoms with E-state index in [9.17, 15) is 5.11 Å². The molecule has 9 aromatic carbocycles. The summed E-state index contributed by atoms with van der Waals surface area (Å²) in [4.78, 5) is 2.24. The summed E-state index contributed by atoms with van der Waals surface area (Å²) >= 11 is 0. The van der Waals surface area contributed by atoms with Crippen LogP contribution >= 0.6 is 0 Å². The van der Waals surface area contributed by atoms with Gasteiger partial charge in [0.15, 0.2) is 0 Å². The van der Waals surface area contributed by atoms with Crippen molar-refractivity contribution < 1.29 is 5.11 Å². The van der Waals surface area contributed by atoms with Crippen molar-refractivity contribution in [2.45, 2.75) is 0 Å². The molecule has 2 heterocycles. The molecule has 0 aliphatic carbocycles. The standard InChI is InChI=1S/C54H37N3O/c58-46-31-29-45(30-32-46)55(43-25-19-37(20-26-43)39-23-33-53-49(35-39)47-15-7-9-17-51(47)56(53)41-11-3-1-4-12-41)44-27-21-38(22-28-44)40-24-34-54-50(36-40)48-16-8-10-18-52(48)57(54)42-13-5-2-6-14-42/h1-36,58H. The van der Waals surface area contributed by atoms with Crippen molar-refractivity contribution in [3.8, 4) is 39.4 Å². The van der Waals surface area contributed by atoms with Gasteiger partial charge in [0.25, 0.3) is 0 Å². The van der Waals surface area contributed by atoms with Crippen LogP contribution in [0.15, 0.2) is 218 Å². The van der Waals surface area contributed by atoms with Gasteiger partial charge in [-0.1, -0.05) is 109 Å². The number of aromatic hydroxyl groups is 1. The lowest BCUT2D eigenvalue weighted by Crippen LogP contribution is -2.09. The van der Waals surface area contributed by atoms with Gasteiger partial charge in [-0.05, 0) is 131 Å². The second kappa shape index (κ2) is 13.7. The van der Waals surface area contributed by atoms with Crippen LogP contribution in [0.1, 0.15) is 0 Å². The van der Waals surface area contributed by atoms with E-state index >= 15 is 0 Å². The molecule has 4 nitrogen and oxygen atoms in total. The average molecular weight is 744 g/mol. The quantitative estimate of drug-likeness (QED) is 0.176. The fourth-order valence-electron chi connectivity index (χ4n) is 8.67. The number of nitrogens with zero attached hydrogens (tertiary/aromatic N) is 3. The van der Waals surface area contributed by atoms with Gasteiger partial charge in [0, 0.05) is 50.0 Å². The number of rotatable bonds is 7. The van der Waals surface area contributed by atoms with Gasteiger partial charge in [-0.15, -0.1) is 0 Å². The predicted molar refractivity (Wildman–Crippen MR) is 242 cm³/mol. The normalized spacial score (nSPS) is 11.5. The van der Waals surface area contributed by atoms with Crippen LogP contribution in [0.25, 0.3) is 77.2 Å². The van der Waals surface area contributed by atoms with Crippen LogP contribution in [-0.2, 0) is 0 Å². The van der Waals surface area contributed by atoms with Gasteiger partial charge in [-0.25, -0.2) is 0 Å². The minimum Gasteiger partial charge on any atom is -0.508 e. The van der Waals surface area contributed by atoms with E-state index in [0.717, 1.165) is 39.6 Å². The highest BCUT2D eigenvalue weighted by atomic mass is 16.3. The summed E-state index contributed by atoms with van der Waals surface area (Å²) in [5.74, 6) is 0.238. The van der Waals surface area contributed by atoms with Crippen molar-refractivity contribution in [3.05, 3.63) is 218 Å². The van der Waals surface area contributed by atoms with E-state index in [-0.39, 0.29) is 5.75 Å². The number of benzene rings is 9.